The van der Waals surface area contributed by atoms with Gasteiger partial charge in [-0.05, 0) is 18.2 Å². The molecule has 2 aliphatic rings. The largest absolute Gasteiger partial charge is 0.504 e. The number of phenols is 4. The van der Waals surface area contributed by atoms with Gasteiger partial charge in [0.2, 0.25) is 23.2 Å². The minimum absolute atomic E-state index is 0.0564. The fourth-order valence-electron chi connectivity index (χ4n) is 4.83. The van der Waals surface area contributed by atoms with Crippen LogP contribution in [0.1, 0.15) is 0 Å². The van der Waals surface area contributed by atoms with Crippen molar-refractivity contribution in [2.45, 2.75) is 55.3 Å². The van der Waals surface area contributed by atoms with E-state index in [0.717, 1.165) is 25.3 Å². The molecule has 240 valence electrons. The molecule has 1 aromatic heterocycles. The third-order valence-electron chi connectivity index (χ3n) is 7.27. The molecule has 44 heavy (non-hydrogen) atoms. The van der Waals surface area contributed by atoms with Gasteiger partial charge in [-0.15, -0.1) is 0 Å². The van der Waals surface area contributed by atoms with Crippen molar-refractivity contribution in [1.29, 1.82) is 0 Å². The van der Waals surface area contributed by atoms with E-state index in [0.29, 0.717) is 0 Å². The van der Waals surface area contributed by atoms with E-state index in [1.165, 1.54) is 6.07 Å². The summed E-state index contributed by atoms with van der Waals surface area (Å²) in [5.74, 6) is -4.19. The molecule has 0 aliphatic carbocycles. The maximum absolute atomic E-state index is 13.8. The van der Waals surface area contributed by atoms with Crippen molar-refractivity contribution in [3.8, 4) is 45.8 Å². The Labute approximate surface area is 246 Å². The van der Waals surface area contributed by atoms with Crippen LogP contribution in [0.2, 0.25) is 0 Å². The van der Waals surface area contributed by atoms with Crippen molar-refractivity contribution in [3.05, 3.63) is 34.5 Å². The fraction of sp³-hybridized carbons (Fsp3) is 0.444. The van der Waals surface area contributed by atoms with E-state index in [4.69, 9.17) is 28.1 Å². The van der Waals surface area contributed by atoms with Gasteiger partial charge < -0.3 is 79.2 Å². The molecule has 5 rings (SSSR count). The van der Waals surface area contributed by atoms with Crippen LogP contribution in [0, 0.1) is 0 Å². The van der Waals surface area contributed by atoms with Crippen molar-refractivity contribution in [1.82, 2.24) is 0 Å². The first-order valence-electron chi connectivity index (χ1n) is 13.1. The Morgan fingerprint density at radius 2 is 1.52 bits per heavy atom. The van der Waals surface area contributed by atoms with Crippen molar-refractivity contribution in [2.75, 3.05) is 20.3 Å². The van der Waals surface area contributed by atoms with Crippen LogP contribution in [0.5, 0.6) is 34.5 Å². The molecule has 17 nitrogen and oxygen atoms in total. The predicted molar refractivity (Wildman–Crippen MR) is 142 cm³/mol. The molecule has 0 amide bonds. The SMILES string of the molecule is COc1c(O)cc2oc(-c3ccc(O)c(O)c3)c(O[C@@H]3O[C@H](CO[C@@H]4OC[C@H](O)[C@H](O)[C@H]4O)[C@H](O)[C@H](O)[C@H]3O)c(=O)c2c1O. The van der Waals surface area contributed by atoms with Gasteiger partial charge in [0.1, 0.15) is 53.7 Å². The number of aliphatic hydroxyl groups is 6. The molecular weight excluding hydrogens is 596 g/mol. The molecule has 0 unspecified atom stereocenters. The summed E-state index contributed by atoms with van der Waals surface area (Å²) in [6.07, 6.45) is -15.3. The summed E-state index contributed by atoms with van der Waals surface area (Å²) in [6, 6.07) is 4.27. The summed E-state index contributed by atoms with van der Waals surface area (Å²) in [6.45, 7) is -0.996. The minimum atomic E-state index is -1.99. The lowest BCUT2D eigenvalue weighted by molar-refractivity contribution is -0.307. The highest BCUT2D eigenvalue weighted by Gasteiger charge is 2.47. The number of aromatic hydroxyl groups is 4. The van der Waals surface area contributed by atoms with Gasteiger partial charge in [0.25, 0.3) is 0 Å². The van der Waals surface area contributed by atoms with Gasteiger partial charge in [-0.1, -0.05) is 0 Å². The van der Waals surface area contributed by atoms with Gasteiger partial charge in [0, 0.05) is 11.6 Å². The summed E-state index contributed by atoms with van der Waals surface area (Å²) in [5.41, 5.74) is -1.50. The van der Waals surface area contributed by atoms with Crippen LogP contribution in [0.25, 0.3) is 22.3 Å². The molecule has 2 saturated heterocycles. The number of hydrogen-bond donors (Lipinski definition) is 10. The summed E-state index contributed by atoms with van der Waals surface area (Å²) in [4.78, 5) is 13.8. The van der Waals surface area contributed by atoms with Crippen molar-refractivity contribution in [2.24, 2.45) is 0 Å². The Hall–Kier alpha value is -3.91. The quantitative estimate of drug-likeness (QED) is 0.126. The second-order valence-corrected chi connectivity index (χ2v) is 10.2. The molecule has 0 saturated carbocycles. The standard InChI is InChI=1S/C27H30O17/c1-39-24-11(30)5-13-15(18(24)34)19(35)25(23(42-13)8-2-3-9(28)10(29)4-8)44-27-22(38)20(36)17(33)14(43-27)7-41-26-21(37)16(32)12(31)6-40-26/h2-5,12,14,16-17,20-22,26-34,36-38H,6-7H2,1H3/t12-,14+,16-,17-,20-,21+,22+,26-,27-/m0/s1. The summed E-state index contributed by atoms with van der Waals surface area (Å²) >= 11 is 0. The highest BCUT2D eigenvalue weighted by Crippen LogP contribution is 2.44. The lowest BCUT2D eigenvalue weighted by atomic mass is 9.99. The molecule has 17 heteroatoms. The Kier molecular flexibility index (Phi) is 8.76. The molecule has 2 aromatic carbocycles. The normalized spacial score (nSPS) is 30.8. The highest BCUT2D eigenvalue weighted by atomic mass is 16.7. The van der Waals surface area contributed by atoms with E-state index in [1.807, 2.05) is 0 Å². The van der Waals surface area contributed by atoms with E-state index in [-0.39, 0.29) is 17.8 Å². The summed E-state index contributed by atoms with van der Waals surface area (Å²) < 4.78 is 32.5. The number of ether oxygens (including phenoxy) is 5. The molecule has 9 atom stereocenters. The first kappa shape index (κ1) is 31.5. The third kappa shape index (κ3) is 5.56. The number of methoxy groups -OCH3 is 1. The molecule has 2 aliphatic heterocycles. The number of rotatable bonds is 7. The smallest absolute Gasteiger partial charge is 0.239 e. The second-order valence-electron chi connectivity index (χ2n) is 10.2. The van der Waals surface area contributed by atoms with Gasteiger partial charge in [0.15, 0.2) is 35.0 Å². The van der Waals surface area contributed by atoms with Crippen LogP contribution < -0.4 is 14.9 Å². The molecule has 10 N–H and O–H groups in total. The second kappa shape index (κ2) is 12.2. The Morgan fingerprint density at radius 3 is 2.20 bits per heavy atom. The minimum Gasteiger partial charge on any atom is -0.504 e. The van der Waals surface area contributed by atoms with Gasteiger partial charge >= 0.3 is 0 Å². The number of benzene rings is 2. The summed E-state index contributed by atoms with van der Waals surface area (Å²) in [5, 5.41) is 102. The van der Waals surface area contributed by atoms with Gasteiger partial charge in [-0.3, -0.25) is 4.79 Å². The van der Waals surface area contributed by atoms with Gasteiger partial charge in [-0.25, -0.2) is 0 Å². The van der Waals surface area contributed by atoms with Crippen molar-refractivity contribution < 1.29 is 79.2 Å². The van der Waals surface area contributed by atoms with E-state index in [1.54, 1.807) is 0 Å². The van der Waals surface area contributed by atoms with Crippen LogP contribution in [0.4, 0.5) is 0 Å². The fourth-order valence-corrected chi connectivity index (χ4v) is 4.83. The monoisotopic (exact) mass is 626 g/mol. The average Bonchev–Trinajstić information content (AvgIpc) is 2.98. The zero-order valence-electron chi connectivity index (χ0n) is 22.7. The van der Waals surface area contributed by atoms with Crippen LogP contribution in [0.3, 0.4) is 0 Å². The van der Waals surface area contributed by atoms with E-state index >= 15 is 0 Å². The maximum Gasteiger partial charge on any atom is 0.239 e. The van der Waals surface area contributed by atoms with E-state index < -0.39 is 113 Å². The molecule has 3 aromatic rings. The first-order valence-corrected chi connectivity index (χ1v) is 13.1. The molecule has 2 fully saturated rings. The Bertz CT molecular complexity index is 1570. The zero-order chi connectivity index (χ0) is 32.0. The lowest BCUT2D eigenvalue weighted by Gasteiger charge is -2.41. The number of hydrogen-bond acceptors (Lipinski definition) is 17. The summed E-state index contributed by atoms with van der Waals surface area (Å²) in [7, 11) is 1.12. The molecular formula is C27H30O17. The van der Waals surface area contributed by atoms with Gasteiger partial charge in [0.05, 0.1) is 20.3 Å². The zero-order valence-corrected chi connectivity index (χ0v) is 22.7. The Balaban J connectivity index is 1.52. The van der Waals surface area contributed by atoms with Crippen LogP contribution in [0.15, 0.2) is 33.5 Å². The van der Waals surface area contributed by atoms with Gasteiger partial charge in [-0.2, -0.15) is 0 Å². The number of aliphatic hydroxyl groups excluding tert-OH is 6. The van der Waals surface area contributed by atoms with Crippen molar-refractivity contribution >= 4 is 11.0 Å². The highest BCUT2D eigenvalue weighted by molar-refractivity contribution is 5.91. The molecule has 0 spiro atoms. The molecule has 0 bridgehead atoms. The molecule has 0 radical (unpaired) electrons. The van der Waals surface area contributed by atoms with Crippen LogP contribution in [-0.2, 0) is 14.2 Å². The Morgan fingerprint density at radius 1 is 0.818 bits per heavy atom. The van der Waals surface area contributed by atoms with Crippen molar-refractivity contribution in [3.63, 3.8) is 0 Å². The first-order chi connectivity index (χ1) is 20.8. The lowest BCUT2D eigenvalue weighted by Crippen LogP contribution is -2.61. The average molecular weight is 627 g/mol. The number of phenolic OH excluding ortho intramolecular Hbond substituents is 4. The predicted octanol–water partition coefficient (Wildman–Crippen LogP) is -2.07. The van der Waals surface area contributed by atoms with Crippen LogP contribution in [-0.4, -0.2) is 127 Å². The third-order valence-corrected chi connectivity index (χ3v) is 7.27. The number of fused-ring (bicyclic) bond motifs is 1. The molecule has 3 heterocycles. The van der Waals surface area contributed by atoms with Crippen LogP contribution >= 0.6 is 0 Å². The van der Waals surface area contributed by atoms with E-state index in [2.05, 4.69) is 0 Å². The maximum atomic E-state index is 13.8. The topological polar surface area (TPSA) is 279 Å². The van der Waals surface area contributed by atoms with E-state index in [9.17, 15) is 55.9 Å².